The van der Waals surface area contributed by atoms with E-state index >= 15 is 0 Å². The van der Waals surface area contributed by atoms with Crippen molar-refractivity contribution in [2.75, 3.05) is 19.8 Å². The van der Waals surface area contributed by atoms with Gasteiger partial charge in [-0.15, -0.1) is 0 Å². The smallest absolute Gasteiger partial charge is 0.174 e. The van der Waals surface area contributed by atoms with Crippen molar-refractivity contribution in [2.45, 2.75) is 51.7 Å². The molecule has 0 aromatic heterocycles. The highest BCUT2D eigenvalue weighted by Gasteiger charge is 2.45. The van der Waals surface area contributed by atoms with Gasteiger partial charge in [0.25, 0.3) is 0 Å². The van der Waals surface area contributed by atoms with E-state index in [1.807, 2.05) is 0 Å². The molecule has 98 valence electrons. The molecule has 3 heteroatoms. The fraction of sp³-hybridized carbons (Fsp3) is 0.857. The summed E-state index contributed by atoms with van der Waals surface area (Å²) in [5, 5.41) is 8.87. The summed E-state index contributed by atoms with van der Waals surface area (Å²) < 4.78 is 11.7. The Morgan fingerprint density at radius 3 is 2.65 bits per heavy atom. The fourth-order valence-corrected chi connectivity index (χ4v) is 3.10. The maximum atomic E-state index is 8.87. The number of rotatable bonds is 4. The van der Waals surface area contributed by atoms with Crippen LogP contribution < -0.4 is 0 Å². The monoisotopic (exact) mass is 240 g/mol. The Kier molecular flexibility index (Phi) is 4.23. The van der Waals surface area contributed by atoms with E-state index in [1.165, 1.54) is 11.1 Å². The van der Waals surface area contributed by atoms with Gasteiger partial charge in [-0.25, -0.2) is 0 Å². The summed E-state index contributed by atoms with van der Waals surface area (Å²) in [6.45, 7) is 6.20. The Balaban J connectivity index is 2.06. The Labute approximate surface area is 104 Å². The minimum atomic E-state index is -0.339. The third-order valence-corrected chi connectivity index (χ3v) is 4.21. The van der Waals surface area contributed by atoms with E-state index in [2.05, 4.69) is 13.8 Å². The molecular weight excluding hydrogens is 216 g/mol. The van der Waals surface area contributed by atoms with Gasteiger partial charge in [-0.3, -0.25) is 0 Å². The van der Waals surface area contributed by atoms with Gasteiger partial charge in [0.2, 0.25) is 0 Å². The van der Waals surface area contributed by atoms with Crippen LogP contribution in [0.1, 0.15) is 46.0 Å². The summed E-state index contributed by atoms with van der Waals surface area (Å²) in [6.07, 6.45) is 5.09. The maximum Gasteiger partial charge on any atom is 0.174 e. The molecule has 0 radical (unpaired) electrons. The molecule has 2 rings (SSSR count). The van der Waals surface area contributed by atoms with Gasteiger partial charge in [0.05, 0.1) is 13.2 Å². The molecule has 0 aromatic carbocycles. The van der Waals surface area contributed by atoms with Crippen LogP contribution in [0.25, 0.3) is 0 Å². The zero-order chi connectivity index (χ0) is 12.3. The molecular formula is C14H24O3. The summed E-state index contributed by atoms with van der Waals surface area (Å²) in [4.78, 5) is 0. The first-order valence-corrected chi connectivity index (χ1v) is 6.77. The van der Waals surface area contributed by atoms with Gasteiger partial charge < -0.3 is 14.6 Å². The molecule has 1 heterocycles. The molecule has 1 N–H and O–H groups in total. The molecule has 1 saturated heterocycles. The number of ether oxygens (including phenoxy) is 2. The second-order valence-electron chi connectivity index (χ2n) is 5.22. The van der Waals surface area contributed by atoms with E-state index in [0.717, 1.165) is 45.3 Å². The highest BCUT2D eigenvalue weighted by molar-refractivity contribution is 5.22. The minimum Gasteiger partial charge on any atom is -0.396 e. The van der Waals surface area contributed by atoms with Crippen LogP contribution in [0.15, 0.2) is 11.1 Å². The molecule has 1 unspecified atom stereocenters. The van der Waals surface area contributed by atoms with E-state index in [9.17, 15) is 0 Å². The van der Waals surface area contributed by atoms with E-state index in [1.54, 1.807) is 0 Å². The minimum absolute atomic E-state index is 0.291. The number of aliphatic hydroxyl groups is 1. The maximum absolute atomic E-state index is 8.87. The lowest BCUT2D eigenvalue weighted by Gasteiger charge is -2.40. The SMILES string of the molecule is CC1=C(CCCCO)C(C)C2(CC1)OCCO2. The first-order valence-electron chi connectivity index (χ1n) is 6.77. The van der Waals surface area contributed by atoms with Crippen LogP contribution in [0.4, 0.5) is 0 Å². The van der Waals surface area contributed by atoms with Crippen molar-refractivity contribution in [3.05, 3.63) is 11.1 Å². The molecule has 1 fully saturated rings. The molecule has 0 aromatic rings. The van der Waals surface area contributed by atoms with Crippen molar-refractivity contribution >= 4 is 0 Å². The first-order chi connectivity index (χ1) is 8.19. The summed E-state index contributed by atoms with van der Waals surface area (Å²) in [5.74, 6) is 0.0195. The molecule has 3 nitrogen and oxygen atoms in total. The van der Waals surface area contributed by atoms with Gasteiger partial charge in [-0.1, -0.05) is 18.1 Å². The lowest BCUT2D eigenvalue weighted by atomic mass is 9.77. The fourth-order valence-electron chi connectivity index (χ4n) is 3.10. The lowest BCUT2D eigenvalue weighted by molar-refractivity contribution is -0.191. The molecule has 1 aliphatic heterocycles. The van der Waals surface area contributed by atoms with Crippen molar-refractivity contribution in [1.29, 1.82) is 0 Å². The predicted molar refractivity (Wildman–Crippen MR) is 66.7 cm³/mol. The third kappa shape index (κ3) is 2.56. The van der Waals surface area contributed by atoms with Gasteiger partial charge in [0.1, 0.15) is 0 Å². The van der Waals surface area contributed by atoms with Crippen molar-refractivity contribution in [3.8, 4) is 0 Å². The van der Waals surface area contributed by atoms with Crippen LogP contribution in [0.2, 0.25) is 0 Å². The van der Waals surface area contributed by atoms with Gasteiger partial charge in [0, 0.05) is 18.9 Å². The summed E-state index contributed by atoms with van der Waals surface area (Å²) >= 11 is 0. The molecule has 1 spiro atoms. The first kappa shape index (κ1) is 13.1. The van der Waals surface area contributed by atoms with Crippen LogP contribution in [0.3, 0.4) is 0 Å². The zero-order valence-corrected chi connectivity index (χ0v) is 11.0. The molecule has 1 atom stereocenters. The predicted octanol–water partition coefficient (Wildman–Crippen LogP) is 2.64. The normalized spacial score (nSPS) is 28.1. The Morgan fingerprint density at radius 2 is 2.00 bits per heavy atom. The summed E-state index contributed by atoms with van der Waals surface area (Å²) in [5.41, 5.74) is 2.99. The van der Waals surface area contributed by atoms with E-state index < -0.39 is 0 Å². The second-order valence-corrected chi connectivity index (χ2v) is 5.22. The van der Waals surface area contributed by atoms with E-state index in [4.69, 9.17) is 14.6 Å². The van der Waals surface area contributed by atoms with Crippen LogP contribution in [0.5, 0.6) is 0 Å². The molecule has 1 aliphatic carbocycles. The van der Waals surface area contributed by atoms with Crippen molar-refractivity contribution in [1.82, 2.24) is 0 Å². The average molecular weight is 240 g/mol. The Bertz CT molecular complexity index is 290. The highest BCUT2D eigenvalue weighted by Crippen LogP contribution is 2.44. The van der Waals surface area contributed by atoms with Crippen LogP contribution in [0, 0.1) is 5.92 Å². The number of allylic oxidation sites excluding steroid dienone is 1. The van der Waals surface area contributed by atoms with Crippen molar-refractivity contribution in [3.63, 3.8) is 0 Å². The second kappa shape index (κ2) is 5.51. The van der Waals surface area contributed by atoms with Crippen LogP contribution in [-0.4, -0.2) is 30.7 Å². The Hall–Kier alpha value is -0.380. The number of aliphatic hydroxyl groups excluding tert-OH is 1. The average Bonchev–Trinajstić information content (AvgIpc) is 2.79. The van der Waals surface area contributed by atoms with Gasteiger partial charge in [0.15, 0.2) is 5.79 Å². The third-order valence-electron chi connectivity index (χ3n) is 4.21. The van der Waals surface area contributed by atoms with E-state index in [-0.39, 0.29) is 5.79 Å². The largest absolute Gasteiger partial charge is 0.396 e. The topological polar surface area (TPSA) is 38.7 Å². The number of hydrogen-bond acceptors (Lipinski definition) is 3. The van der Waals surface area contributed by atoms with Crippen molar-refractivity contribution < 1.29 is 14.6 Å². The highest BCUT2D eigenvalue weighted by atomic mass is 16.7. The molecule has 2 aliphatic rings. The molecule has 0 bridgehead atoms. The summed E-state index contributed by atoms with van der Waals surface area (Å²) in [7, 11) is 0. The molecule has 0 saturated carbocycles. The summed E-state index contributed by atoms with van der Waals surface area (Å²) in [6, 6.07) is 0. The van der Waals surface area contributed by atoms with Gasteiger partial charge in [-0.05, 0) is 32.6 Å². The lowest BCUT2D eigenvalue weighted by Crippen LogP contribution is -2.41. The number of hydrogen-bond donors (Lipinski definition) is 1. The molecule has 17 heavy (non-hydrogen) atoms. The standard InChI is InChI=1S/C14H24O3/c1-11-6-7-14(16-9-10-17-14)12(2)13(11)5-3-4-8-15/h12,15H,3-10H2,1-2H3. The van der Waals surface area contributed by atoms with Gasteiger partial charge in [-0.2, -0.15) is 0 Å². The van der Waals surface area contributed by atoms with Crippen LogP contribution >= 0.6 is 0 Å². The van der Waals surface area contributed by atoms with Crippen LogP contribution in [-0.2, 0) is 9.47 Å². The van der Waals surface area contributed by atoms with Crippen molar-refractivity contribution in [2.24, 2.45) is 5.92 Å². The zero-order valence-electron chi connectivity index (χ0n) is 11.0. The number of unbranched alkanes of at least 4 members (excludes halogenated alkanes) is 1. The quantitative estimate of drug-likeness (QED) is 0.606. The van der Waals surface area contributed by atoms with Gasteiger partial charge >= 0.3 is 0 Å². The Morgan fingerprint density at radius 1 is 1.29 bits per heavy atom. The molecule has 0 amide bonds. The van der Waals surface area contributed by atoms with E-state index in [0.29, 0.717) is 12.5 Å².